The van der Waals surface area contributed by atoms with Gasteiger partial charge in [-0.25, -0.2) is 4.79 Å². The summed E-state index contributed by atoms with van der Waals surface area (Å²) in [5, 5.41) is 0. The van der Waals surface area contributed by atoms with E-state index in [9.17, 15) is 9.36 Å². The fourth-order valence-corrected chi connectivity index (χ4v) is 4.40. The Morgan fingerprint density at radius 2 is 1.85 bits per heavy atom. The molecule has 1 aromatic rings. The van der Waals surface area contributed by atoms with E-state index in [0.717, 1.165) is 9.13 Å². The van der Waals surface area contributed by atoms with E-state index in [2.05, 4.69) is 27.3 Å². The highest BCUT2D eigenvalue weighted by atomic mass is 127. The lowest BCUT2D eigenvalue weighted by Gasteiger charge is -2.17. The van der Waals surface area contributed by atoms with Crippen molar-refractivity contribution in [3.05, 3.63) is 32.9 Å². The molecule has 0 aliphatic heterocycles. The highest BCUT2D eigenvalue weighted by Gasteiger charge is 2.25. The lowest BCUT2D eigenvalue weighted by atomic mass is 10.1. The quantitative estimate of drug-likeness (QED) is 0.387. The molecule has 0 aliphatic rings. The minimum absolute atomic E-state index is 0.189. The number of halogens is 1. The number of carbonyl (C=O) groups excluding carboxylic acids is 1. The zero-order valence-electron chi connectivity index (χ0n) is 11.7. The second-order valence-electron chi connectivity index (χ2n) is 3.90. The summed E-state index contributed by atoms with van der Waals surface area (Å²) in [5.41, 5.74) is 1.28. The van der Waals surface area contributed by atoms with Crippen molar-refractivity contribution >= 4 is 36.2 Å². The molecule has 0 fully saturated rings. The molecule has 0 aliphatic carbocycles. The molecular formula is C13H18IO5P. The Labute approximate surface area is 132 Å². The van der Waals surface area contributed by atoms with Crippen LogP contribution >= 0.6 is 30.2 Å². The Morgan fingerprint density at radius 3 is 2.30 bits per heavy atom. The van der Waals surface area contributed by atoms with Crippen molar-refractivity contribution in [1.82, 2.24) is 0 Å². The third-order valence-corrected chi connectivity index (χ3v) is 5.53. The van der Waals surface area contributed by atoms with Crippen LogP contribution < -0.4 is 0 Å². The van der Waals surface area contributed by atoms with Gasteiger partial charge in [0.2, 0.25) is 0 Å². The van der Waals surface area contributed by atoms with Crippen molar-refractivity contribution in [3.8, 4) is 0 Å². The van der Waals surface area contributed by atoms with E-state index >= 15 is 0 Å². The SMILES string of the molecule is CCOP(=O)(Cc1ccc(C(=O)OC)cc1I)OCC. The van der Waals surface area contributed by atoms with Gasteiger partial charge in [0.05, 0.1) is 32.0 Å². The van der Waals surface area contributed by atoms with Crippen molar-refractivity contribution in [2.24, 2.45) is 0 Å². The minimum atomic E-state index is -3.13. The van der Waals surface area contributed by atoms with Crippen molar-refractivity contribution in [2.75, 3.05) is 20.3 Å². The van der Waals surface area contributed by atoms with Crippen LogP contribution in [0.1, 0.15) is 29.8 Å². The number of hydrogen-bond acceptors (Lipinski definition) is 5. The molecule has 1 rings (SSSR count). The molecule has 0 saturated carbocycles. The van der Waals surface area contributed by atoms with Crippen LogP contribution in [-0.2, 0) is 24.5 Å². The van der Waals surface area contributed by atoms with Crippen LogP contribution in [0.2, 0.25) is 0 Å². The number of benzene rings is 1. The first-order chi connectivity index (χ1) is 9.45. The van der Waals surface area contributed by atoms with Crippen LogP contribution in [-0.4, -0.2) is 26.3 Å². The zero-order valence-corrected chi connectivity index (χ0v) is 14.8. The lowest BCUT2D eigenvalue weighted by Crippen LogP contribution is -2.04. The summed E-state index contributed by atoms with van der Waals surface area (Å²) in [7, 11) is -1.80. The molecule has 0 saturated heterocycles. The molecule has 7 heteroatoms. The average molecular weight is 412 g/mol. The Bertz CT molecular complexity index is 507. The molecule has 0 bridgehead atoms. The van der Waals surface area contributed by atoms with Gasteiger partial charge in [0, 0.05) is 3.57 Å². The number of esters is 1. The van der Waals surface area contributed by atoms with Gasteiger partial charge in [-0.3, -0.25) is 4.57 Å². The summed E-state index contributed by atoms with van der Waals surface area (Å²) in [5.74, 6) is -0.396. The molecule has 20 heavy (non-hydrogen) atoms. The van der Waals surface area contributed by atoms with Crippen LogP contribution in [0.15, 0.2) is 18.2 Å². The first-order valence-electron chi connectivity index (χ1n) is 6.20. The van der Waals surface area contributed by atoms with E-state index in [1.54, 1.807) is 32.0 Å². The Kier molecular flexibility index (Phi) is 7.15. The van der Waals surface area contributed by atoms with E-state index in [1.165, 1.54) is 7.11 Å². The van der Waals surface area contributed by atoms with Crippen LogP contribution in [0.3, 0.4) is 0 Å². The van der Waals surface area contributed by atoms with Crippen molar-refractivity contribution in [1.29, 1.82) is 0 Å². The summed E-state index contributed by atoms with van der Waals surface area (Å²) >= 11 is 2.09. The lowest BCUT2D eigenvalue weighted by molar-refractivity contribution is 0.0600. The van der Waals surface area contributed by atoms with Gasteiger partial charge in [-0.2, -0.15) is 0 Å². The molecular weight excluding hydrogens is 394 g/mol. The maximum Gasteiger partial charge on any atom is 0.337 e. The predicted molar refractivity (Wildman–Crippen MR) is 85.1 cm³/mol. The summed E-state index contributed by atoms with van der Waals surface area (Å²) in [6, 6.07) is 5.09. The Hall–Kier alpha value is -0.430. The number of ether oxygens (including phenoxy) is 1. The van der Waals surface area contributed by atoms with Gasteiger partial charge in [0.1, 0.15) is 0 Å². The molecule has 0 N–H and O–H groups in total. The fraction of sp³-hybridized carbons (Fsp3) is 0.462. The van der Waals surface area contributed by atoms with E-state index in [1.807, 2.05) is 0 Å². The average Bonchev–Trinajstić information content (AvgIpc) is 2.40. The Balaban J connectivity index is 2.97. The van der Waals surface area contributed by atoms with Crippen molar-refractivity contribution in [3.63, 3.8) is 0 Å². The highest BCUT2D eigenvalue weighted by Crippen LogP contribution is 2.51. The van der Waals surface area contributed by atoms with Crippen LogP contribution in [0.4, 0.5) is 0 Å². The van der Waals surface area contributed by atoms with Gasteiger partial charge in [-0.05, 0) is 54.1 Å². The van der Waals surface area contributed by atoms with Gasteiger partial charge < -0.3 is 13.8 Å². The first kappa shape index (κ1) is 17.6. The fourth-order valence-electron chi connectivity index (χ4n) is 1.65. The molecule has 0 spiro atoms. The predicted octanol–water partition coefficient (Wildman–Crippen LogP) is 3.84. The van der Waals surface area contributed by atoms with Gasteiger partial charge in [0.15, 0.2) is 0 Å². The van der Waals surface area contributed by atoms with E-state index in [-0.39, 0.29) is 6.16 Å². The summed E-state index contributed by atoms with van der Waals surface area (Å²) in [6.45, 7) is 4.20. The number of methoxy groups -OCH3 is 1. The number of hydrogen-bond donors (Lipinski definition) is 0. The standard InChI is InChI=1S/C13H18IO5P/c1-4-18-20(16,19-5-2)9-11-7-6-10(8-12(11)14)13(15)17-3/h6-8H,4-5,9H2,1-3H3. The van der Waals surface area contributed by atoms with Gasteiger partial charge in [-0.15, -0.1) is 0 Å². The van der Waals surface area contributed by atoms with E-state index in [0.29, 0.717) is 18.8 Å². The van der Waals surface area contributed by atoms with Crippen molar-refractivity contribution in [2.45, 2.75) is 20.0 Å². The second-order valence-corrected chi connectivity index (χ2v) is 7.12. The van der Waals surface area contributed by atoms with Crippen LogP contribution in [0.25, 0.3) is 0 Å². The second kappa shape index (κ2) is 8.12. The largest absolute Gasteiger partial charge is 0.465 e. The smallest absolute Gasteiger partial charge is 0.337 e. The molecule has 0 aromatic heterocycles. The maximum absolute atomic E-state index is 12.5. The highest BCUT2D eigenvalue weighted by molar-refractivity contribution is 14.1. The van der Waals surface area contributed by atoms with Crippen LogP contribution in [0.5, 0.6) is 0 Å². The van der Waals surface area contributed by atoms with Gasteiger partial charge in [-0.1, -0.05) is 6.07 Å². The number of carbonyl (C=O) groups is 1. The third kappa shape index (κ3) is 4.84. The normalized spacial score (nSPS) is 11.4. The Morgan fingerprint density at radius 1 is 1.25 bits per heavy atom. The molecule has 0 radical (unpaired) electrons. The molecule has 1 aromatic carbocycles. The van der Waals surface area contributed by atoms with Gasteiger partial charge in [0.25, 0.3) is 0 Å². The third-order valence-electron chi connectivity index (χ3n) is 2.49. The van der Waals surface area contributed by atoms with Crippen LogP contribution in [0, 0.1) is 3.57 Å². The topological polar surface area (TPSA) is 61.8 Å². The molecule has 0 amide bonds. The van der Waals surface area contributed by atoms with Gasteiger partial charge >= 0.3 is 13.6 Å². The van der Waals surface area contributed by atoms with E-state index < -0.39 is 13.6 Å². The summed E-state index contributed by atoms with van der Waals surface area (Å²) in [4.78, 5) is 11.4. The molecule has 112 valence electrons. The first-order valence-corrected chi connectivity index (χ1v) is 9.01. The van der Waals surface area contributed by atoms with E-state index in [4.69, 9.17) is 9.05 Å². The molecule has 5 nitrogen and oxygen atoms in total. The summed E-state index contributed by atoms with van der Waals surface area (Å²) < 4.78 is 28.5. The zero-order chi connectivity index (χ0) is 15.2. The monoisotopic (exact) mass is 412 g/mol. The molecule has 0 atom stereocenters. The minimum Gasteiger partial charge on any atom is -0.465 e. The summed E-state index contributed by atoms with van der Waals surface area (Å²) in [6.07, 6.45) is 0.189. The molecule has 0 unspecified atom stereocenters. The maximum atomic E-state index is 12.5. The van der Waals surface area contributed by atoms with Crippen molar-refractivity contribution < 1.29 is 23.1 Å². The molecule has 0 heterocycles. The number of rotatable bonds is 7.